The molecule has 5 heteroatoms. The highest BCUT2D eigenvalue weighted by Crippen LogP contribution is 2.23. The summed E-state index contributed by atoms with van der Waals surface area (Å²) in [5.41, 5.74) is 6.91. The number of anilines is 1. The van der Waals surface area contributed by atoms with Gasteiger partial charge in [0.15, 0.2) is 0 Å². The van der Waals surface area contributed by atoms with Gasteiger partial charge in [0.05, 0.1) is 29.6 Å². The maximum atomic E-state index is 11.1. The SMILES string of the molecule is C[C@H](O)c1ccc(N2CCC(C(N)=O)C2)cn1. The van der Waals surface area contributed by atoms with Crippen LogP contribution < -0.4 is 10.6 Å². The molecule has 2 heterocycles. The van der Waals surface area contributed by atoms with E-state index < -0.39 is 6.10 Å². The van der Waals surface area contributed by atoms with Crippen molar-refractivity contribution < 1.29 is 9.90 Å². The quantitative estimate of drug-likeness (QED) is 0.797. The maximum absolute atomic E-state index is 11.1. The molecular formula is C12H17N3O2. The van der Waals surface area contributed by atoms with Gasteiger partial charge in [-0.25, -0.2) is 0 Å². The van der Waals surface area contributed by atoms with Crippen LogP contribution in [0.2, 0.25) is 0 Å². The van der Waals surface area contributed by atoms with E-state index in [9.17, 15) is 9.90 Å². The van der Waals surface area contributed by atoms with Crippen LogP contribution in [0.4, 0.5) is 5.69 Å². The van der Waals surface area contributed by atoms with Crippen molar-refractivity contribution in [3.8, 4) is 0 Å². The molecule has 1 saturated heterocycles. The topological polar surface area (TPSA) is 79.5 Å². The minimum absolute atomic E-state index is 0.0635. The molecule has 0 aromatic carbocycles. The predicted molar refractivity (Wildman–Crippen MR) is 64.4 cm³/mol. The van der Waals surface area contributed by atoms with Crippen LogP contribution in [0.15, 0.2) is 18.3 Å². The summed E-state index contributed by atoms with van der Waals surface area (Å²) in [4.78, 5) is 17.3. The third-order valence-electron chi connectivity index (χ3n) is 3.15. The lowest BCUT2D eigenvalue weighted by Crippen LogP contribution is -2.27. The van der Waals surface area contributed by atoms with Crippen molar-refractivity contribution in [2.45, 2.75) is 19.4 Å². The molecule has 0 spiro atoms. The van der Waals surface area contributed by atoms with Crippen LogP contribution in [0.3, 0.4) is 0 Å². The third kappa shape index (κ3) is 2.55. The third-order valence-corrected chi connectivity index (χ3v) is 3.15. The smallest absolute Gasteiger partial charge is 0.222 e. The first-order valence-electron chi connectivity index (χ1n) is 5.76. The number of carbonyl (C=O) groups is 1. The number of primary amides is 1. The Balaban J connectivity index is 2.06. The standard InChI is InChI=1S/C12H17N3O2/c1-8(16)11-3-2-10(6-14-11)15-5-4-9(7-15)12(13)17/h2-3,6,8-9,16H,4-5,7H2,1H3,(H2,13,17)/t8-,9?/m0/s1. The molecule has 1 aromatic heterocycles. The lowest BCUT2D eigenvalue weighted by atomic mass is 10.1. The molecule has 0 bridgehead atoms. The van der Waals surface area contributed by atoms with Crippen LogP contribution in [-0.2, 0) is 4.79 Å². The van der Waals surface area contributed by atoms with Gasteiger partial charge in [0.25, 0.3) is 0 Å². The number of nitrogens with zero attached hydrogens (tertiary/aromatic N) is 2. The largest absolute Gasteiger partial charge is 0.387 e. The summed E-state index contributed by atoms with van der Waals surface area (Å²) in [6, 6.07) is 3.72. The fourth-order valence-corrected chi connectivity index (χ4v) is 2.06. The summed E-state index contributed by atoms with van der Waals surface area (Å²) >= 11 is 0. The summed E-state index contributed by atoms with van der Waals surface area (Å²) in [7, 11) is 0. The van der Waals surface area contributed by atoms with Gasteiger partial charge >= 0.3 is 0 Å². The second-order valence-corrected chi connectivity index (χ2v) is 4.45. The number of hydrogen-bond acceptors (Lipinski definition) is 4. The van der Waals surface area contributed by atoms with Crippen molar-refractivity contribution in [3.05, 3.63) is 24.0 Å². The van der Waals surface area contributed by atoms with Gasteiger partial charge in [-0.2, -0.15) is 0 Å². The van der Waals surface area contributed by atoms with E-state index in [1.165, 1.54) is 0 Å². The highest BCUT2D eigenvalue weighted by Gasteiger charge is 2.26. The lowest BCUT2D eigenvalue weighted by Gasteiger charge is -2.18. The minimum atomic E-state index is -0.555. The monoisotopic (exact) mass is 235 g/mol. The number of nitrogens with two attached hydrogens (primary N) is 1. The molecule has 2 rings (SSSR count). The Morgan fingerprint density at radius 1 is 1.65 bits per heavy atom. The van der Waals surface area contributed by atoms with Gasteiger partial charge < -0.3 is 15.7 Å². The molecule has 1 unspecified atom stereocenters. The first-order valence-corrected chi connectivity index (χ1v) is 5.76. The Kier molecular flexibility index (Phi) is 3.28. The molecule has 92 valence electrons. The molecule has 17 heavy (non-hydrogen) atoms. The Hall–Kier alpha value is -1.62. The summed E-state index contributed by atoms with van der Waals surface area (Å²) in [6.07, 6.45) is 1.97. The first kappa shape index (κ1) is 11.9. The van der Waals surface area contributed by atoms with Gasteiger partial charge in [-0.1, -0.05) is 0 Å². The van der Waals surface area contributed by atoms with Gasteiger partial charge in [0.2, 0.25) is 5.91 Å². The molecule has 1 aliphatic rings. The van der Waals surface area contributed by atoms with Gasteiger partial charge in [-0.3, -0.25) is 9.78 Å². The van der Waals surface area contributed by atoms with Crippen molar-refractivity contribution >= 4 is 11.6 Å². The van der Waals surface area contributed by atoms with Crippen molar-refractivity contribution in [2.24, 2.45) is 11.7 Å². The van der Waals surface area contributed by atoms with E-state index in [1.54, 1.807) is 19.2 Å². The molecule has 1 amide bonds. The molecule has 3 N–H and O–H groups in total. The van der Waals surface area contributed by atoms with Crippen molar-refractivity contribution in [1.82, 2.24) is 4.98 Å². The van der Waals surface area contributed by atoms with E-state index in [2.05, 4.69) is 9.88 Å². The van der Waals surface area contributed by atoms with Crippen LogP contribution in [0.1, 0.15) is 25.1 Å². The zero-order chi connectivity index (χ0) is 12.4. The molecule has 1 aromatic rings. The number of pyridine rings is 1. The average Bonchev–Trinajstić information content (AvgIpc) is 2.78. The van der Waals surface area contributed by atoms with Crippen LogP contribution >= 0.6 is 0 Å². The number of aromatic nitrogens is 1. The van der Waals surface area contributed by atoms with Crippen molar-refractivity contribution in [3.63, 3.8) is 0 Å². The number of rotatable bonds is 3. The van der Waals surface area contributed by atoms with E-state index >= 15 is 0 Å². The second kappa shape index (κ2) is 4.71. The Morgan fingerprint density at radius 3 is 2.88 bits per heavy atom. The molecule has 2 atom stereocenters. The number of aliphatic hydroxyl groups is 1. The molecule has 1 aliphatic heterocycles. The summed E-state index contributed by atoms with van der Waals surface area (Å²) in [6.45, 7) is 3.16. The molecule has 1 fully saturated rings. The van der Waals surface area contributed by atoms with E-state index in [4.69, 9.17) is 5.73 Å². The molecule has 5 nitrogen and oxygen atoms in total. The Labute approximate surface area is 100 Å². The van der Waals surface area contributed by atoms with Crippen LogP contribution in [0.5, 0.6) is 0 Å². The first-order chi connectivity index (χ1) is 8.08. The van der Waals surface area contributed by atoms with Gasteiger partial charge in [0, 0.05) is 13.1 Å². The van der Waals surface area contributed by atoms with Crippen molar-refractivity contribution in [2.75, 3.05) is 18.0 Å². The van der Waals surface area contributed by atoms with E-state index in [0.29, 0.717) is 12.2 Å². The van der Waals surface area contributed by atoms with E-state index in [-0.39, 0.29) is 11.8 Å². The average molecular weight is 235 g/mol. The van der Waals surface area contributed by atoms with Gasteiger partial charge in [-0.15, -0.1) is 0 Å². The highest BCUT2D eigenvalue weighted by molar-refractivity contribution is 5.78. The van der Waals surface area contributed by atoms with Gasteiger partial charge in [-0.05, 0) is 25.5 Å². The Bertz CT molecular complexity index is 403. The lowest BCUT2D eigenvalue weighted by molar-refractivity contribution is -0.121. The summed E-state index contributed by atoms with van der Waals surface area (Å²) in [5.74, 6) is -0.299. The van der Waals surface area contributed by atoms with Crippen molar-refractivity contribution in [1.29, 1.82) is 0 Å². The number of carbonyl (C=O) groups excluding carboxylic acids is 1. The van der Waals surface area contributed by atoms with E-state index in [0.717, 1.165) is 18.7 Å². The molecular weight excluding hydrogens is 218 g/mol. The molecule has 0 radical (unpaired) electrons. The maximum Gasteiger partial charge on any atom is 0.222 e. The zero-order valence-electron chi connectivity index (χ0n) is 9.84. The second-order valence-electron chi connectivity index (χ2n) is 4.45. The fourth-order valence-electron chi connectivity index (χ4n) is 2.06. The normalized spacial score (nSPS) is 21.5. The molecule has 0 saturated carbocycles. The Morgan fingerprint density at radius 2 is 2.41 bits per heavy atom. The fraction of sp³-hybridized carbons (Fsp3) is 0.500. The number of amides is 1. The minimum Gasteiger partial charge on any atom is -0.387 e. The highest BCUT2D eigenvalue weighted by atomic mass is 16.3. The van der Waals surface area contributed by atoms with Crippen LogP contribution in [-0.4, -0.2) is 29.1 Å². The van der Waals surface area contributed by atoms with E-state index in [1.807, 2.05) is 6.07 Å². The number of aliphatic hydroxyl groups excluding tert-OH is 1. The van der Waals surface area contributed by atoms with Crippen LogP contribution in [0.25, 0.3) is 0 Å². The van der Waals surface area contributed by atoms with Crippen LogP contribution in [0, 0.1) is 5.92 Å². The zero-order valence-corrected chi connectivity index (χ0v) is 9.84. The predicted octanol–water partition coefficient (Wildman–Crippen LogP) is 0.446. The molecule has 0 aliphatic carbocycles. The van der Waals surface area contributed by atoms with Gasteiger partial charge in [0.1, 0.15) is 0 Å². The number of hydrogen-bond donors (Lipinski definition) is 2. The summed E-state index contributed by atoms with van der Waals surface area (Å²) in [5, 5.41) is 9.36. The summed E-state index contributed by atoms with van der Waals surface area (Å²) < 4.78 is 0.